The maximum atomic E-state index is 12.1. The van der Waals surface area contributed by atoms with E-state index < -0.39 is 0 Å². The van der Waals surface area contributed by atoms with Gasteiger partial charge in [0.05, 0.1) is 18.4 Å². The Morgan fingerprint density at radius 2 is 2.10 bits per heavy atom. The lowest BCUT2D eigenvalue weighted by Gasteiger charge is -2.05. The van der Waals surface area contributed by atoms with Gasteiger partial charge < -0.3 is 10.3 Å². The average molecular weight is 304 g/mol. The Morgan fingerprint density at radius 1 is 1.29 bits per heavy atom. The SMILES string of the molecule is O=c1[nH]c(CNCCCl)nc2c1cnn2-c1ccccc1. The summed E-state index contributed by atoms with van der Waals surface area (Å²) in [7, 11) is 0. The van der Waals surface area contributed by atoms with Gasteiger partial charge >= 0.3 is 0 Å². The summed E-state index contributed by atoms with van der Waals surface area (Å²) >= 11 is 5.61. The largest absolute Gasteiger partial charge is 0.309 e. The van der Waals surface area contributed by atoms with Crippen molar-refractivity contribution in [2.45, 2.75) is 6.54 Å². The molecule has 0 spiro atoms. The molecule has 0 atom stereocenters. The zero-order chi connectivity index (χ0) is 14.7. The van der Waals surface area contributed by atoms with Crippen LogP contribution in [0.25, 0.3) is 16.7 Å². The number of aromatic amines is 1. The maximum Gasteiger partial charge on any atom is 0.262 e. The molecule has 0 saturated carbocycles. The third kappa shape index (κ3) is 2.81. The van der Waals surface area contributed by atoms with E-state index in [0.29, 0.717) is 35.8 Å². The zero-order valence-corrected chi connectivity index (χ0v) is 12.0. The molecule has 0 radical (unpaired) electrons. The molecule has 0 bridgehead atoms. The smallest absolute Gasteiger partial charge is 0.262 e. The monoisotopic (exact) mass is 303 g/mol. The Balaban J connectivity index is 2.05. The molecule has 7 heteroatoms. The number of hydrogen-bond acceptors (Lipinski definition) is 4. The summed E-state index contributed by atoms with van der Waals surface area (Å²) < 4.78 is 1.66. The molecule has 3 aromatic rings. The number of rotatable bonds is 5. The molecule has 0 fully saturated rings. The van der Waals surface area contributed by atoms with Gasteiger partial charge in [0.15, 0.2) is 5.65 Å². The lowest BCUT2D eigenvalue weighted by atomic mass is 10.3. The van der Waals surface area contributed by atoms with Crippen LogP contribution < -0.4 is 10.9 Å². The summed E-state index contributed by atoms with van der Waals surface area (Å²) in [5.41, 5.74) is 1.22. The summed E-state index contributed by atoms with van der Waals surface area (Å²) in [6.07, 6.45) is 1.53. The molecule has 0 unspecified atom stereocenters. The number of benzene rings is 1. The molecule has 3 rings (SSSR count). The number of nitrogens with zero attached hydrogens (tertiary/aromatic N) is 3. The van der Waals surface area contributed by atoms with Gasteiger partial charge in [0.1, 0.15) is 11.2 Å². The topological polar surface area (TPSA) is 75.6 Å². The van der Waals surface area contributed by atoms with Gasteiger partial charge in [-0.05, 0) is 12.1 Å². The number of nitrogens with one attached hydrogen (secondary N) is 2. The lowest BCUT2D eigenvalue weighted by Crippen LogP contribution is -2.21. The zero-order valence-electron chi connectivity index (χ0n) is 11.2. The summed E-state index contributed by atoms with van der Waals surface area (Å²) in [6.45, 7) is 1.11. The quantitative estimate of drug-likeness (QED) is 0.552. The van der Waals surface area contributed by atoms with Crippen LogP contribution in [0.5, 0.6) is 0 Å². The molecular weight excluding hydrogens is 290 g/mol. The van der Waals surface area contributed by atoms with E-state index in [-0.39, 0.29) is 5.56 Å². The van der Waals surface area contributed by atoms with Gasteiger partial charge in [-0.1, -0.05) is 18.2 Å². The van der Waals surface area contributed by atoms with Gasteiger partial charge in [0.2, 0.25) is 0 Å². The van der Waals surface area contributed by atoms with E-state index in [1.54, 1.807) is 4.68 Å². The number of para-hydroxylation sites is 1. The van der Waals surface area contributed by atoms with Crippen molar-refractivity contribution in [1.29, 1.82) is 0 Å². The minimum atomic E-state index is -0.190. The van der Waals surface area contributed by atoms with Crippen LogP contribution in [0.4, 0.5) is 0 Å². The molecule has 0 saturated heterocycles. The van der Waals surface area contributed by atoms with Crippen molar-refractivity contribution in [3.05, 3.63) is 52.7 Å². The van der Waals surface area contributed by atoms with Crippen LogP contribution in [0.15, 0.2) is 41.3 Å². The van der Waals surface area contributed by atoms with Gasteiger partial charge in [-0.3, -0.25) is 4.79 Å². The number of hydrogen-bond donors (Lipinski definition) is 2. The molecule has 6 nitrogen and oxygen atoms in total. The number of fused-ring (bicyclic) bond motifs is 1. The molecule has 2 aromatic heterocycles. The molecule has 0 aliphatic heterocycles. The lowest BCUT2D eigenvalue weighted by molar-refractivity contribution is 0.692. The first-order chi connectivity index (χ1) is 10.3. The first-order valence-corrected chi connectivity index (χ1v) is 7.12. The molecule has 0 aliphatic rings. The molecule has 2 heterocycles. The van der Waals surface area contributed by atoms with E-state index in [1.807, 2.05) is 30.3 Å². The molecule has 108 valence electrons. The standard InChI is InChI=1S/C14H14ClN5O/c15-6-7-16-9-12-18-13-11(14(21)19-12)8-17-20(13)10-4-2-1-3-5-10/h1-5,8,16H,6-7,9H2,(H,18,19,21). The molecule has 2 N–H and O–H groups in total. The van der Waals surface area contributed by atoms with E-state index in [9.17, 15) is 4.79 Å². The molecule has 0 amide bonds. The Labute approximate surface area is 125 Å². The average Bonchev–Trinajstić information content (AvgIpc) is 2.93. The molecule has 1 aromatic carbocycles. The predicted molar refractivity (Wildman–Crippen MR) is 81.9 cm³/mol. The summed E-state index contributed by atoms with van der Waals surface area (Å²) in [5, 5.41) is 7.83. The Bertz CT molecular complexity index is 796. The maximum absolute atomic E-state index is 12.1. The summed E-state index contributed by atoms with van der Waals surface area (Å²) in [5.74, 6) is 1.07. The molecule has 21 heavy (non-hydrogen) atoms. The Morgan fingerprint density at radius 3 is 2.86 bits per heavy atom. The van der Waals surface area contributed by atoms with Gasteiger partial charge in [-0.2, -0.15) is 5.10 Å². The van der Waals surface area contributed by atoms with E-state index in [0.717, 1.165) is 5.69 Å². The first kappa shape index (κ1) is 13.8. The third-order valence-corrected chi connectivity index (χ3v) is 3.24. The fourth-order valence-corrected chi connectivity index (χ4v) is 2.21. The minimum Gasteiger partial charge on any atom is -0.309 e. The van der Waals surface area contributed by atoms with Crippen LogP contribution in [0, 0.1) is 0 Å². The van der Waals surface area contributed by atoms with Crippen molar-refractivity contribution < 1.29 is 0 Å². The van der Waals surface area contributed by atoms with E-state index in [4.69, 9.17) is 11.6 Å². The van der Waals surface area contributed by atoms with E-state index in [1.165, 1.54) is 6.20 Å². The number of aromatic nitrogens is 4. The van der Waals surface area contributed by atoms with Crippen LogP contribution in [-0.4, -0.2) is 32.2 Å². The van der Waals surface area contributed by atoms with Crippen molar-refractivity contribution in [1.82, 2.24) is 25.1 Å². The Kier molecular flexibility index (Phi) is 3.98. The second kappa shape index (κ2) is 6.07. The fourth-order valence-electron chi connectivity index (χ4n) is 2.08. The number of halogens is 1. The van der Waals surface area contributed by atoms with Crippen molar-refractivity contribution in [2.75, 3.05) is 12.4 Å². The summed E-state index contributed by atoms with van der Waals surface area (Å²) in [4.78, 5) is 19.3. The van der Waals surface area contributed by atoms with Crippen LogP contribution in [0.3, 0.4) is 0 Å². The van der Waals surface area contributed by atoms with Gasteiger partial charge in [0, 0.05) is 12.4 Å². The van der Waals surface area contributed by atoms with Crippen molar-refractivity contribution >= 4 is 22.6 Å². The van der Waals surface area contributed by atoms with Crippen LogP contribution >= 0.6 is 11.6 Å². The van der Waals surface area contributed by atoms with Gasteiger partial charge in [-0.25, -0.2) is 9.67 Å². The first-order valence-electron chi connectivity index (χ1n) is 6.58. The van der Waals surface area contributed by atoms with Crippen LogP contribution in [0.2, 0.25) is 0 Å². The van der Waals surface area contributed by atoms with Gasteiger partial charge in [0.25, 0.3) is 5.56 Å². The molecular formula is C14H14ClN5O. The van der Waals surface area contributed by atoms with Crippen molar-refractivity contribution in [3.8, 4) is 5.69 Å². The fraction of sp³-hybridized carbons (Fsp3) is 0.214. The van der Waals surface area contributed by atoms with E-state index >= 15 is 0 Å². The highest BCUT2D eigenvalue weighted by Crippen LogP contribution is 2.13. The van der Waals surface area contributed by atoms with Gasteiger partial charge in [-0.15, -0.1) is 11.6 Å². The van der Waals surface area contributed by atoms with E-state index in [2.05, 4.69) is 20.4 Å². The number of H-pyrrole nitrogens is 1. The van der Waals surface area contributed by atoms with Crippen molar-refractivity contribution in [2.24, 2.45) is 0 Å². The second-order valence-corrected chi connectivity index (χ2v) is 4.89. The Hall–Kier alpha value is -2.18. The third-order valence-electron chi connectivity index (χ3n) is 3.05. The normalized spacial score (nSPS) is 11.1. The van der Waals surface area contributed by atoms with Crippen LogP contribution in [-0.2, 0) is 6.54 Å². The highest BCUT2D eigenvalue weighted by atomic mass is 35.5. The minimum absolute atomic E-state index is 0.190. The highest BCUT2D eigenvalue weighted by Gasteiger charge is 2.11. The highest BCUT2D eigenvalue weighted by molar-refractivity contribution is 6.18. The van der Waals surface area contributed by atoms with Crippen LogP contribution in [0.1, 0.15) is 5.82 Å². The van der Waals surface area contributed by atoms with Crippen molar-refractivity contribution in [3.63, 3.8) is 0 Å². The molecule has 0 aliphatic carbocycles. The summed E-state index contributed by atoms with van der Waals surface area (Å²) in [6, 6.07) is 9.59. The predicted octanol–water partition coefficient (Wildman–Crippen LogP) is 1.44. The number of alkyl halides is 1. The second-order valence-electron chi connectivity index (χ2n) is 4.51.